The summed E-state index contributed by atoms with van der Waals surface area (Å²) in [5.41, 5.74) is 23.9. The van der Waals surface area contributed by atoms with Crippen LogP contribution in [0.5, 0.6) is 23.0 Å². The number of hydrogen-bond acceptors (Lipinski definition) is 10. The SMILES string of the molecule is c1ccc(-c2nc(-c3cccc(-c4ccc5c(c4)Oc4cc(-c6cccc(-c7nc(-c8cccc(-c9ccc%10c(c9)Oc9ccccc9C%109c%10ccccc%10-c%10ccccc%109)c8)nc(-c8ccc9c(c8)sc8ccccc89)n7)c6)ccc4C54c5ccccc5-c5ccccc54)c3)nc(-c3ccccn3)n2)cc1. The molecule has 0 saturated heterocycles. The van der Waals surface area contributed by atoms with Crippen LogP contribution in [0.3, 0.4) is 0 Å². The molecule has 6 heterocycles. The molecule has 18 aromatic rings. The van der Waals surface area contributed by atoms with Gasteiger partial charge >= 0.3 is 0 Å². The van der Waals surface area contributed by atoms with E-state index in [9.17, 15) is 0 Å². The smallest absolute Gasteiger partial charge is 0.182 e. The van der Waals surface area contributed by atoms with Crippen molar-refractivity contribution in [2.24, 2.45) is 0 Å². The summed E-state index contributed by atoms with van der Waals surface area (Å²) in [5, 5.41) is 2.44. The van der Waals surface area contributed by atoms with Gasteiger partial charge in [0.2, 0.25) is 0 Å². The summed E-state index contributed by atoms with van der Waals surface area (Å²) in [4.78, 5) is 35.9. The molecule has 0 bridgehead atoms. The van der Waals surface area contributed by atoms with E-state index in [2.05, 4.69) is 296 Å². The van der Waals surface area contributed by atoms with Gasteiger partial charge in [-0.25, -0.2) is 29.9 Å². The minimum absolute atomic E-state index is 0.500. The summed E-state index contributed by atoms with van der Waals surface area (Å²) >= 11 is 1.78. The Kier molecular flexibility index (Phi) is 13.5. The summed E-state index contributed by atoms with van der Waals surface area (Å²) in [5.74, 6) is 6.52. The molecule has 498 valence electrons. The summed E-state index contributed by atoms with van der Waals surface area (Å²) in [6, 6.07) is 121. The van der Waals surface area contributed by atoms with Gasteiger partial charge in [0.05, 0.1) is 10.8 Å². The van der Waals surface area contributed by atoms with E-state index in [1.807, 2.05) is 48.5 Å². The van der Waals surface area contributed by atoms with Crippen molar-refractivity contribution in [3.05, 3.63) is 390 Å². The topological polar surface area (TPSA) is 109 Å². The quantitative estimate of drug-likeness (QED) is 0.140. The van der Waals surface area contributed by atoms with Crippen molar-refractivity contribution >= 4 is 31.5 Å². The maximum absolute atomic E-state index is 7.41. The van der Waals surface area contributed by atoms with Gasteiger partial charge in [-0.2, -0.15) is 0 Å². The van der Waals surface area contributed by atoms with Crippen LogP contribution < -0.4 is 9.47 Å². The molecular formula is C97H57N7O2S. The second-order valence-corrected chi connectivity index (χ2v) is 28.8. The molecule has 10 heteroatoms. The lowest BCUT2D eigenvalue weighted by Crippen LogP contribution is -2.32. The highest BCUT2D eigenvalue weighted by Crippen LogP contribution is 2.65. The molecule has 2 spiro atoms. The van der Waals surface area contributed by atoms with E-state index in [4.69, 9.17) is 39.4 Å². The van der Waals surface area contributed by atoms with Gasteiger partial charge in [-0.15, -0.1) is 11.3 Å². The van der Waals surface area contributed by atoms with Gasteiger partial charge in [-0.1, -0.05) is 273 Å². The maximum Gasteiger partial charge on any atom is 0.182 e. The third-order valence-electron chi connectivity index (χ3n) is 22.0. The highest BCUT2D eigenvalue weighted by atomic mass is 32.1. The number of rotatable bonds is 9. The Morgan fingerprint density at radius 2 is 0.561 bits per heavy atom. The zero-order chi connectivity index (χ0) is 70.3. The van der Waals surface area contributed by atoms with E-state index in [0.29, 0.717) is 40.6 Å². The molecule has 4 aromatic heterocycles. The predicted molar refractivity (Wildman–Crippen MR) is 428 cm³/mol. The third-order valence-corrected chi connectivity index (χ3v) is 23.1. The molecule has 0 atom stereocenters. The molecule has 14 aromatic carbocycles. The molecule has 4 aliphatic rings. The van der Waals surface area contributed by atoms with Crippen LogP contribution in [0, 0.1) is 0 Å². The van der Waals surface area contributed by atoms with Crippen LogP contribution in [0.25, 0.3) is 144 Å². The minimum Gasteiger partial charge on any atom is -0.457 e. The standard InChI is InChI=1S/C97H57N7O2S/c1-2-21-58(22-3-1)90-99-93(104-95(103-90)83-39-16-17-50-98-83)67-28-20-25-61(53-67)64-45-49-82-87(56-64)106-86-55-63(44-48-81(86)97(82)77-36-11-6-31-71(77)72-32-7-12-37-78(72)97)60-24-19-27-66(52-60)92-100-91(101-94(102-92)68-42-46-74-73-33-8-15-41-88(73)107-89(74)57-68)65-26-18-23-59(51-65)62-43-47-80-85(54-62)105-84-40-14-13-38-79(84)96(80)75-34-9-4-29-69(75)70-30-5-10-35-76(70)96/h1-57H. The van der Waals surface area contributed by atoms with Gasteiger partial charge in [-0.05, 0) is 145 Å². The first-order valence-corrected chi connectivity index (χ1v) is 36.8. The Balaban J connectivity index is 0.655. The molecule has 9 nitrogen and oxygen atoms in total. The largest absolute Gasteiger partial charge is 0.457 e. The lowest BCUT2D eigenvalue weighted by molar-refractivity contribution is 0.436. The van der Waals surface area contributed by atoms with E-state index >= 15 is 0 Å². The first kappa shape index (κ1) is 60.6. The average Bonchev–Trinajstić information content (AvgIpc) is 1.56. The highest BCUT2D eigenvalue weighted by molar-refractivity contribution is 7.25. The normalized spacial score (nSPS) is 13.3. The minimum atomic E-state index is -0.705. The second kappa shape index (κ2) is 23.8. The fraction of sp³-hybridized carbons (Fsp3) is 0.0206. The molecule has 0 amide bonds. The molecular weight excluding hydrogens is 1330 g/mol. The number of fused-ring (bicyclic) bond motifs is 21. The zero-order valence-electron chi connectivity index (χ0n) is 57.3. The van der Waals surface area contributed by atoms with Crippen molar-refractivity contribution in [2.45, 2.75) is 10.8 Å². The van der Waals surface area contributed by atoms with Gasteiger partial charge in [0, 0.05) is 76.4 Å². The average molecular weight is 1380 g/mol. The molecule has 0 saturated carbocycles. The zero-order valence-corrected chi connectivity index (χ0v) is 58.1. The number of hydrogen-bond donors (Lipinski definition) is 0. The van der Waals surface area contributed by atoms with E-state index in [-0.39, 0.29) is 0 Å². The number of thiophene rings is 1. The van der Waals surface area contributed by atoms with Gasteiger partial charge in [-0.3, -0.25) is 4.98 Å². The van der Waals surface area contributed by atoms with Crippen molar-refractivity contribution in [1.29, 1.82) is 0 Å². The van der Waals surface area contributed by atoms with Crippen LogP contribution in [-0.2, 0) is 10.8 Å². The first-order chi connectivity index (χ1) is 53.0. The molecule has 107 heavy (non-hydrogen) atoms. The number of para-hydroxylation sites is 1. The fourth-order valence-corrected chi connectivity index (χ4v) is 18.4. The first-order valence-electron chi connectivity index (χ1n) is 36.0. The molecule has 22 rings (SSSR count). The monoisotopic (exact) mass is 1380 g/mol. The number of benzene rings is 14. The van der Waals surface area contributed by atoms with Gasteiger partial charge in [0.25, 0.3) is 0 Å². The van der Waals surface area contributed by atoms with Crippen molar-refractivity contribution in [3.63, 3.8) is 0 Å². The predicted octanol–water partition coefficient (Wildman–Crippen LogP) is 23.8. The summed E-state index contributed by atoms with van der Waals surface area (Å²) in [7, 11) is 0. The van der Waals surface area contributed by atoms with Gasteiger partial charge < -0.3 is 9.47 Å². The van der Waals surface area contributed by atoms with Crippen LogP contribution in [-0.4, -0.2) is 34.9 Å². The number of nitrogens with zero attached hydrogens (tertiary/aromatic N) is 7. The van der Waals surface area contributed by atoms with E-state index < -0.39 is 10.8 Å². The summed E-state index contributed by atoms with van der Waals surface area (Å²) in [6.45, 7) is 0. The lowest BCUT2D eigenvalue weighted by atomic mass is 9.65. The Bertz CT molecular complexity index is 6600. The van der Waals surface area contributed by atoms with Crippen molar-refractivity contribution in [2.75, 3.05) is 0 Å². The summed E-state index contributed by atoms with van der Waals surface area (Å²) < 4.78 is 16.8. The van der Waals surface area contributed by atoms with E-state index in [0.717, 1.165) is 106 Å². The molecule has 0 radical (unpaired) electrons. The molecule has 0 fully saturated rings. The maximum atomic E-state index is 7.41. The second-order valence-electron chi connectivity index (χ2n) is 27.8. The van der Waals surface area contributed by atoms with Crippen LogP contribution in [0.15, 0.2) is 346 Å². The van der Waals surface area contributed by atoms with Gasteiger partial charge in [0.1, 0.15) is 28.7 Å². The molecule has 0 N–H and O–H groups in total. The van der Waals surface area contributed by atoms with Crippen LogP contribution in [0.4, 0.5) is 0 Å². The lowest BCUT2D eigenvalue weighted by Gasteiger charge is -2.39. The third kappa shape index (κ3) is 9.39. The summed E-state index contributed by atoms with van der Waals surface area (Å²) in [6.07, 6.45) is 1.76. The van der Waals surface area contributed by atoms with Crippen molar-refractivity contribution in [3.8, 4) is 147 Å². The Hall–Kier alpha value is -13.9. The van der Waals surface area contributed by atoms with Gasteiger partial charge in [0.15, 0.2) is 34.9 Å². The molecule has 0 unspecified atom stereocenters. The van der Waals surface area contributed by atoms with E-state index in [1.54, 1.807) is 17.5 Å². The Labute approximate surface area is 620 Å². The number of pyridine rings is 1. The van der Waals surface area contributed by atoms with Crippen LogP contribution in [0.2, 0.25) is 0 Å². The van der Waals surface area contributed by atoms with Crippen molar-refractivity contribution < 1.29 is 9.47 Å². The Morgan fingerprint density at radius 3 is 1.05 bits per heavy atom. The highest BCUT2D eigenvalue weighted by Gasteiger charge is 2.53. The number of ether oxygens (including phenoxy) is 2. The van der Waals surface area contributed by atoms with E-state index in [1.165, 1.54) is 64.7 Å². The van der Waals surface area contributed by atoms with Crippen molar-refractivity contribution in [1.82, 2.24) is 34.9 Å². The Morgan fingerprint density at radius 1 is 0.215 bits per heavy atom. The molecule has 2 aliphatic carbocycles. The van der Waals surface area contributed by atoms with Crippen LogP contribution >= 0.6 is 11.3 Å². The fourth-order valence-electron chi connectivity index (χ4n) is 17.3. The molecule has 2 aliphatic heterocycles. The number of aromatic nitrogens is 7. The van der Waals surface area contributed by atoms with Crippen LogP contribution in [0.1, 0.15) is 44.5 Å².